The van der Waals surface area contributed by atoms with Gasteiger partial charge in [0.2, 0.25) is 0 Å². The maximum Gasteiger partial charge on any atom is 0.161 e. The normalized spacial score (nSPS) is 16.7. The third kappa shape index (κ3) is 4.40. The number of benzene rings is 2. The van der Waals surface area contributed by atoms with Crippen molar-refractivity contribution >= 4 is 15.9 Å². The van der Waals surface area contributed by atoms with Crippen molar-refractivity contribution in [1.29, 1.82) is 0 Å². The topological polar surface area (TPSA) is 33.7 Å². The van der Waals surface area contributed by atoms with E-state index in [2.05, 4.69) is 62.5 Å². The molecule has 2 aromatic carbocycles. The summed E-state index contributed by atoms with van der Waals surface area (Å²) in [6.07, 6.45) is 1.15. The minimum absolute atomic E-state index is 0.176. The van der Waals surface area contributed by atoms with Gasteiger partial charge in [-0.1, -0.05) is 40.2 Å². The van der Waals surface area contributed by atoms with Gasteiger partial charge in [-0.05, 0) is 49.2 Å². The summed E-state index contributed by atoms with van der Waals surface area (Å²) in [5.41, 5.74) is 2.50. The van der Waals surface area contributed by atoms with E-state index in [1.165, 1.54) is 11.1 Å². The number of nitrogens with one attached hydrogen (secondary N) is 1. The Bertz CT molecular complexity index is 715. The minimum Gasteiger partial charge on any atom is -0.493 e. The van der Waals surface area contributed by atoms with Gasteiger partial charge in [0.1, 0.15) is 0 Å². The van der Waals surface area contributed by atoms with E-state index in [9.17, 15) is 0 Å². The Morgan fingerprint density at radius 1 is 1.12 bits per heavy atom. The van der Waals surface area contributed by atoms with Crippen LogP contribution in [-0.2, 0) is 0 Å². The van der Waals surface area contributed by atoms with E-state index in [0.717, 1.165) is 48.6 Å². The van der Waals surface area contributed by atoms with E-state index in [1.54, 1.807) is 7.11 Å². The molecule has 26 heavy (non-hydrogen) atoms. The molecule has 1 unspecified atom stereocenters. The Morgan fingerprint density at radius 2 is 1.96 bits per heavy atom. The molecule has 0 aromatic heterocycles. The molecule has 1 aliphatic heterocycles. The van der Waals surface area contributed by atoms with E-state index >= 15 is 0 Å². The molecular formula is C21H27BrN2O2. The smallest absolute Gasteiger partial charge is 0.161 e. The first-order valence-electron chi connectivity index (χ1n) is 9.24. The Hall–Kier alpha value is -1.56. The minimum atomic E-state index is 0.176. The quantitative estimate of drug-likeness (QED) is 0.760. The molecule has 1 heterocycles. The summed E-state index contributed by atoms with van der Waals surface area (Å²) in [5.74, 6) is 1.58. The first kappa shape index (κ1) is 19.2. The van der Waals surface area contributed by atoms with Crippen LogP contribution >= 0.6 is 15.9 Å². The van der Waals surface area contributed by atoms with Crippen LogP contribution < -0.4 is 14.8 Å². The lowest BCUT2D eigenvalue weighted by atomic mass is 9.96. The number of hydrogen-bond donors (Lipinski definition) is 1. The molecule has 0 amide bonds. The highest BCUT2D eigenvalue weighted by Gasteiger charge is 2.25. The monoisotopic (exact) mass is 418 g/mol. The third-order valence-corrected chi connectivity index (χ3v) is 5.47. The van der Waals surface area contributed by atoms with E-state index in [-0.39, 0.29) is 6.04 Å². The molecule has 2 aromatic rings. The van der Waals surface area contributed by atoms with E-state index in [4.69, 9.17) is 9.47 Å². The molecule has 0 spiro atoms. The molecule has 1 saturated heterocycles. The summed E-state index contributed by atoms with van der Waals surface area (Å²) < 4.78 is 12.4. The van der Waals surface area contributed by atoms with E-state index in [1.807, 2.05) is 13.0 Å². The lowest BCUT2D eigenvalue weighted by Crippen LogP contribution is -2.33. The standard InChI is InChI=1S/C21H27BrN2O2/c1-3-26-20-15-16(9-10-19(20)25-2)21(17-7-4-5-8-18(17)22)24-13-6-11-23-12-14-24/h4-5,7-10,15,21,23H,3,6,11-14H2,1-2H3. The highest BCUT2D eigenvalue weighted by Crippen LogP contribution is 2.38. The van der Waals surface area contributed by atoms with Gasteiger partial charge >= 0.3 is 0 Å². The average molecular weight is 419 g/mol. The molecule has 5 heteroatoms. The number of halogens is 1. The maximum atomic E-state index is 5.83. The molecule has 3 rings (SSSR count). The summed E-state index contributed by atoms with van der Waals surface area (Å²) in [4.78, 5) is 2.55. The van der Waals surface area contributed by atoms with Crippen LogP contribution in [0.5, 0.6) is 11.5 Å². The Balaban J connectivity index is 2.05. The van der Waals surface area contributed by atoms with Gasteiger partial charge in [0.05, 0.1) is 19.8 Å². The van der Waals surface area contributed by atoms with Gasteiger partial charge in [-0.15, -0.1) is 0 Å². The Labute approximate surface area is 164 Å². The second-order valence-electron chi connectivity index (χ2n) is 6.41. The molecule has 1 fully saturated rings. The van der Waals surface area contributed by atoms with Gasteiger partial charge in [-0.25, -0.2) is 0 Å². The first-order chi connectivity index (χ1) is 12.7. The summed E-state index contributed by atoms with van der Waals surface area (Å²) in [7, 11) is 1.68. The number of nitrogens with zero attached hydrogens (tertiary/aromatic N) is 1. The summed E-state index contributed by atoms with van der Waals surface area (Å²) in [5, 5.41) is 3.50. The van der Waals surface area contributed by atoms with Gasteiger partial charge in [0, 0.05) is 24.1 Å². The van der Waals surface area contributed by atoms with Gasteiger partial charge in [0.25, 0.3) is 0 Å². The van der Waals surface area contributed by atoms with Crippen molar-refractivity contribution in [2.24, 2.45) is 0 Å². The summed E-state index contributed by atoms with van der Waals surface area (Å²) >= 11 is 3.76. The van der Waals surface area contributed by atoms with Crippen LogP contribution in [0.1, 0.15) is 30.5 Å². The van der Waals surface area contributed by atoms with Gasteiger partial charge in [-0.2, -0.15) is 0 Å². The zero-order valence-electron chi connectivity index (χ0n) is 15.5. The van der Waals surface area contributed by atoms with Crippen molar-refractivity contribution in [3.8, 4) is 11.5 Å². The predicted molar refractivity (Wildman–Crippen MR) is 109 cm³/mol. The van der Waals surface area contributed by atoms with Crippen molar-refractivity contribution in [1.82, 2.24) is 10.2 Å². The Morgan fingerprint density at radius 3 is 2.73 bits per heavy atom. The second-order valence-corrected chi connectivity index (χ2v) is 7.26. The van der Waals surface area contributed by atoms with Crippen molar-refractivity contribution in [2.75, 3.05) is 39.9 Å². The summed E-state index contributed by atoms with van der Waals surface area (Å²) in [6, 6.07) is 15.0. The summed E-state index contributed by atoms with van der Waals surface area (Å²) in [6.45, 7) is 6.78. The van der Waals surface area contributed by atoms with Crippen LogP contribution in [0.25, 0.3) is 0 Å². The van der Waals surface area contributed by atoms with E-state index < -0.39 is 0 Å². The second kappa shape index (κ2) is 9.40. The highest BCUT2D eigenvalue weighted by atomic mass is 79.9. The molecule has 1 atom stereocenters. The van der Waals surface area contributed by atoms with Crippen LogP contribution in [-0.4, -0.2) is 44.8 Å². The number of ether oxygens (including phenoxy) is 2. The van der Waals surface area contributed by atoms with E-state index in [0.29, 0.717) is 6.61 Å². The fourth-order valence-corrected chi connectivity index (χ4v) is 4.04. The zero-order valence-corrected chi connectivity index (χ0v) is 17.1. The molecule has 0 bridgehead atoms. The Kier molecular flexibility index (Phi) is 6.94. The lowest BCUT2D eigenvalue weighted by molar-refractivity contribution is 0.239. The number of rotatable bonds is 6. The van der Waals surface area contributed by atoms with Crippen LogP contribution in [0.3, 0.4) is 0 Å². The van der Waals surface area contributed by atoms with Crippen molar-refractivity contribution in [3.05, 3.63) is 58.1 Å². The number of hydrogen-bond acceptors (Lipinski definition) is 4. The van der Waals surface area contributed by atoms with Crippen molar-refractivity contribution < 1.29 is 9.47 Å². The van der Waals surface area contributed by atoms with Crippen LogP contribution in [0, 0.1) is 0 Å². The maximum absolute atomic E-state index is 5.83. The highest BCUT2D eigenvalue weighted by molar-refractivity contribution is 9.10. The molecule has 0 radical (unpaired) electrons. The SMILES string of the molecule is CCOc1cc(C(c2ccccc2Br)N2CCCNCC2)ccc1OC. The van der Waals surface area contributed by atoms with Gasteiger partial charge in [-0.3, -0.25) is 4.90 Å². The van der Waals surface area contributed by atoms with Gasteiger partial charge in [0.15, 0.2) is 11.5 Å². The lowest BCUT2D eigenvalue weighted by Gasteiger charge is -2.32. The van der Waals surface area contributed by atoms with Crippen molar-refractivity contribution in [3.63, 3.8) is 0 Å². The fourth-order valence-electron chi connectivity index (χ4n) is 3.54. The number of methoxy groups -OCH3 is 1. The predicted octanol–water partition coefficient (Wildman–Crippen LogP) is 4.24. The molecular weight excluding hydrogens is 392 g/mol. The molecule has 140 valence electrons. The molecule has 1 N–H and O–H groups in total. The molecule has 0 saturated carbocycles. The first-order valence-corrected chi connectivity index (χ1v) is 10.0. The largest absolute Gasteiger partial charge is 0.493 e. The van der Waals surface area contributed by atoms with Gasteiger partial charge < -0.3 is 14.8 Å². The molecule has 0 aliphatic carbocycles. The molecule has 1 aliphatic rings. The zero-order chi connectivity index (χ0) is 18.4. The fraction of sp³-hybridized carbons (Fsp3) is 0.429. The third-order valence-electron chi connectivity index (χ3n) is 4.74. The van der Waals surface area contributed by atoms with Crippen LogP contribution in [0.15, 0.2) is 46.9 Å². The average Bonchev–Trinajstić information content (AvgIpc) is 2.93. The van der Waals surface area contributed by atoms with Crippen molar-refractivity contribution in [2.45, 2.75) is 19.4 Å². The van der Waals surface area contributed by atoms with Crippen LogP contribution in [0.2, 0.25) is 0 Å². The molecule has 4 nitrogen and oxygen atoms in total. The van der Waals surface area contributed by atoms with Crippen LogP contribution in [0.4, 0.5) is 0 Å².